The van der Waals surface area contributed by atoms with Crippen LogP contribution in [0.25, 0.3) is 16.7 Å². The van der Waals surface area contributed by atoms with Crippen LogP contribution in [0.1, 0.15) is 16.7 Å². The van der Waals surface area contributed by atoms with Crippen molar-refractivity contribution in [2.45, 2.75) is 13.1 Å². The number of rotatable bonds is 4. The minimum absolute atomic E-state index is 0.223. The summed E-state index contributed by atoms with van der Waals surface area (Å²) in [6, 6.07) is 15.6. The molecule has 0 aliphatic carbocycles. The Hall–Kier alpha value is -3.14. The van der Waals surface area contributed by atoms with Gasteiger partial charge in [-0.2, -0.15) is 5.26 Å². The van der Waals surface area contributed by atoms with E-state index in [0.29, 0.717) is 33.9 Å². The van der Waals surface area contributed by atoms with E-state index < -0.39 is 0 Å². The fourth-order valence-corrected chi connectivity index (χ4v) is 3.69. The number of fused-ring (bicyclic) bond motifs is 3. The number of halogens is 2. The molecule has 0 saturated heterocycles. The molecule has 0 saturated carbocycles. The summed E-state index contributed by atoms with van der Waals surface area (Å²) in [7, 11) is 1.79. The molecule has 0 aliphatic rings. The maximum absolute atomic E-state index is 14.1. The van der Waals surface area contributed by atoms with Crippen molar-refractivity contribution >= 4 is 28.3 Å². The van der Waals surface area contributed by atoms with Crippen molar-refractivity contribution in [2.75, 3.05) is 7.05 Å². The number of H-pyrrole nitrogens is 1. The van der Waals surface area contributed by atoms with Gasteiger partial charge in [-0.25, -0.2) is 4.39 Å². The lowest BCUT2D eigenvalue weighted by atomic mass is 10.1. The van der Waals surface area contributed by atoms with Crippen molar-refractivity contribution in [1.29, 1.82) is 5.26 Å². The zero-order valence-electron chi connectivity index (χ0n) is 15.0. The molecular weight excluding hydrogens is 379 g/mol. The zero-order chi connectivity index (χ0) is 19.8. The van der Waals surface area contributed by atoms with Gasteiger partial charge in [-0.05, 0) is 36.9 Å². The third-order valence-electron chi connectivity index (χ3n) is 4.74. The van der Waals surface area contributed by atoms with Gasteiger partial charge in [0.1, 0.15) is 17.5 Å². The number of nitrogens with zero attached hydrogens (tertiary/aromatic N) is 3. The Labute approximate surface area is 165 Å². The quantitative estimate of drug-likeness (QED) is 0.567. The Kier molecular flexibility index (Phi) is 4.63. The van der Waals surface area contributed by atoms with Gasteiger partial charge in [0.15, 0.2) is 0 Å². The molecule has 4 aromatic rings. The van der Waals surface area contributed by atoms with Gasteiger partial charge in [0.25, 0.3) is 5.56 Å². The van der Waals surface area contributed by atoms with Crippen LogP contribution >= 0.6 is 11.6 Å². The topological polar surface area (TPSA) is 64.3 Å². The summed E-state index contributed by atoms with van der Waals surface area (Å²) in [5.41, 5.74) is 3.09. The number of hydrogen-bond donors (Lipinski definition) is 1. The summed E-state index contributed by atoms with van der Waals surface area (Å²) >= 11 is 6.11. The molecule has 0 aliphatic heterocycles. The molecule has 0 radical (unpaired) electrons. The second-order valence-electron chi connectivity index (χ2n) is 6.69. The minimum atomic E-state index is -0.383. The monoisotopic (exact) mass is 394 g/mol. The SMILES string of the molecule is CN(Cc1cc(=O)n2c([nH]c3ccccc32)c1C#N)Cc1c(F)cccc1Cl. The van der Waals surface area contributed by atoms with Crippen LogP contribution in [0.3, 0.4) is 0 Å². The van der Waals surface area contributed by atoms with Gasteiger partial charge < -0.3 is 4.98 Å². The molecule has 28 heavy (non-hydrogen) atoms. The fraction of sp³-hybridized carbons (Fsp3) is 0.143. The van der Waals surface area contributed by atoms with E-state index in [2.05, 4.69) is 11.1 Å². The van der Waals surface area contributed by atoms with E-state index in [0.717, 1.165) is 11.0 Å². The highest BCUT2D eigenvalue weighted by Crippen LogP contribution is 2.23. The Morgan fingerprint density at radius 2 is 2.00 bits per heavy atom. The average Bonchev–Trinajstić information content (AvgIpc) is 3.05. The lowest BCUT2D eigenvalue weighted by Gasteiger charge is -2.18. The Morgan fingerprint density at radius 3 is 2.75 bits per heavy atom. The molecule has 2 aromatic heterocycles. The van der Waals surface area contributed by atoms with Gasteiger partial charge in [0.2, 0.25) is 0 Å². The van der Waals surface area contributed by atoms with Crippen molar-refractivity contribution in [1.82, 2.24) is 14.3 Å². The second kappa shape index (κ2) is 7.12. The summed E-state index contributed by atoms with van der Waals surface area (Å²) in [5, 5.41) is 10.1. The second-order valence-corrected chi connectivity index (χ2v) is 7.10. The van der Waals surface area contributed by atoms with Crippen molar-refractivity contribution in [3.8, 4) is 6.07 Å². The van der Waals surface area contributed by atoms with E-state index >= 15 is 0 Å². The summed E-state index contributed by atoms with van der Waals surface area (Å²) in [5.74, 6) is -0.383. The van der Waals surface area contributed by atoms with Gasteiger partial charge >= 0.3 is 0 Å². The minimum Gasteiger partial charge on any atom is -0.338 e. The van der Waals surface area contributed by atoms with Crippen LogP contribution < -0.4 is 5.56 Å². The molecule has 2 heterocycles. The van der Waals surface area contributed by atoms with Crippen molar-refractivity contribution in [3.05, 3.63) is 86.4 Å². The van der Waals surface area contributed by atoms with Gasteiger partial charge in [0, 0.05) is 29.7 Å². The van der Waals surface area contributed by atoms with Gasteiger partial charge in [-0.15, -0.1) is 0 Å². The maximum Gasteiger partial charge on any atom is 0.257 e. The smallest absolute Gasteiger partial charge is 0.257 e. The highest BCUT2D eigenvalue weighted by molar-refractivity contribution is 6.31. The average molecular weight is 395 g/mol. The fourth-order valence-electron chi connectivity index (χ4n) is 3.47. The first-order chi connectivity index (χ1) is 13.5. The number of para-hydroxylation sites is 2. The molecule has 0 unspecified atom stereocenters. The lowest BCUT2D eigenvalue weighted by molar-refractivity contribution is 0.313. The molecule has 0 bridgehead atoms. The largest absolute Gasteiger partial charge is 0.338 e. The van der Waals surface area contributed by atoms with Crippen LogP contribution in [0.2, 0.25) is 5.02 Å². The number of imidazole rings is 1. The third-order valence-corrected chi connectivity index (χ3v) is 5.09. The predicted octanol–water partition coefficient (Wildman–Crippen LogP) is 4.08. The number of hydrogen-bond acceptors (Lipinski definition) is 3. The molecular formula is C21H16ClFN4O. The van der Waals surface area contributed by atoms with Gasteiger partial charge in [-0.1, -0.05) is 29.8 Å². The summed E-state index contributed by atoms with van der Waals surface area (Å²) in [6.45, 7) is 0.553. The van der Waals surface area contributed by atoms with Crippen LogP contribution in [0, 0.1) is 17.1 Å². The van der Waals surface area contributed by atoms with Crippen LogP contribution in [0.4, 0.5) is 4.39 Å². The molecule has 4 rings (SSSR count). The Bertz CT molecular complexity index is 1280. The van der Waals surface area contributed by atoms with Crippen LogP contribution in [-0.2, 0) is 13.1 Å². The van der Waals surface area contributed by atoms with E-state index in [-0.39, 0.29) is 17.9 Å². The third kappa shape index (κ3) is 3.05. The summed E-state index contributed by atoms with van der Waals surface area (Å²) < 4.78 is 15.6. The molecule has 0 spiro atoms. The first-order valence-corrected chi connectivity index (χ1v) is 9.04. The van der Waals surface area contributed by atoms with Crippen LogP contribution in [0.15, 0.2) is 53.3 Å². The molecule has 0 atom stereocenters. The first-order valence-electron chi connectivity index (χ1n) is 8.66. The predicted molar refractivity (Wildman–Crippen MR) is 107 cm³/mol. The molecule has 7 heteroatoms. The van der Waals surface area contributed by atoms with Crippen molar-refractivity contribution < 1.29 is 4.39 Å². The van der Waals surface area contributed by atoms with Gasteiger partial charge in [0.05, 0.1) is 16.6 Å². The highest BCUT2D eigenvalue weighted by Gasteiger charge is 2.17. The molecule has 2 aromatic carbocycles. The molecule has 0 fully saturated rings. The number of nitriles is 1. The Morgan fingerprint density at radius 1 is 1.21 bits per heavy atom. The Balaban J connectivity index is 1.76. The molecule has 1 N–H and O–H groups in total. The number of pyridine rings is 1. The van der Waals surface area contributed by atoms with Crippen molar-refractivity contribution in [3.63, 3.8) is 0 Å². The van der Waals surface area contributed by atoms with E-state index in [9.17, 15) is 14.4 Å². The molecule has 140 valence electrons. The zero-order valence-corrected chi connectivity index (χ0v) is 15.8. The van der Waals surface area contributed by atoms with Gasteiger partial charge in [-0.3, -0.25) is 14.1 Å². The molecule has 5 nitrogen and oxygen atoms in total. The van der Waals surface area contributed by atoms with E-state index in [1.165, 1.54) is 16.5 Å². The normalized spacial score (nSPS) is 11.4. The van der Waals surface area contributed by atoms with Crippen LogP contribution in [0.5, 0.6) is 0 Å². The summed E-state index contributed by atoms with van der Waals surface area (Å²) in [4.78, 5) is 17.7. The highest BCUT2D eigenvalue weighted by atomic mass is 35.5. The first kappa shape index (κ1) is 18.2. The number of nitrogens with one attached hydrogen (secondary N) is 1. The maximum atomic E-state index is 14.1. The van der Waals surface area contributed by atoms with E-state index in [4.69, 9.17) is 11.6 Å². The lowest BCUT2D eigenvalue weighted by Crippen LogP contribution is -2.22. The number of benzene rings is 2. The number of aromatic amines is 1. The van der Waals surface area contributed by atoms with Crippen molar-refractivity contribution in [2.24, 2.45) is 0 Å². The summed E-state index contributed by atoms with van der Waals surface area (Å²) in [6.07, 6.45) is 0. The standard InChI is InChI=1S/C21H16ClFN4O/c1-26(12-15-16(22)5-4-6-17(15)23)11-13-9-20(28)27-19-8-3-2-7-18(19)25-21(27)14(13)10-24/h2-9,25H,11-12H2,1H3. The van der Waals surface area contributed by atoms with E-state index in [1.807, 2.05) is 29.2 Å². The molecule has 0 amide bonds. The number of aromatic nitrogens is 2. The van der Waals surface area contributed by atoms with Crippen LogP contribution in [-0.4, -0.2) is 21.3 Å². The van der Waals surface area contributed by atoms with E-state index in [1.54, 1.807) is 19.2 Å².